The molecule has 0 atom stereocenters. The van der Waals surface area contributed by atoms with Crippen LogP contribution in [0.4, 0.5) is 17.6 Å². The minimum Gasteiger partial charge on any atom is -0.489 e. The Kier molecular flexibility index (Phi) is 6.01. The molecule has 0 fully saturated rings. The maximum Gasteiger partial charge on any atom is 0.204 e. The Bertz CT molecular complexity index is 744. The molecule has 0 aliphatic rings. The summed E-state index contributed by atoms with van der Waals surface area (Å²) in [6.45, 7) is 2.26. The van der Waals surface area contributed by atoms with Crippen molar-refractivity contribution in [3.05, 3.63) is 58.7 Å². The molecular formula is C18H16F4O3. The Morgan fingerprint density at radius 1 is 0.920 bits per heavy atom. The van der Waals surface area contributed by atoms with Crippen molar-refractivity contribution in [3.8, 4) is 11.5 Å². The number of carbonyl (C=O) groups excluding carboxylic acids is 1. The number of hydrogen-bond donors (Lipinski definition) is 0. The quantitative estimate of drug-likeness (QED) is 0.406. The first-order valence-electron chi connectivity index (χ1n) is 7.58. The lowest BCUT2D eigenvalue weighted by Gasteiger charge is -2.13. The van der Waals surface area contributed by atoms with Gasteiger partial charge in [-0.2, -0.15) is 8.78 Å². The van der Waals surface area contributed by atoms with Gasteiger partial charge < -0.3 is 9.47 Å². The van der Waals surface area contributed by atoms with Gasteiger partial charge in [0.1, 0.15) is 12.4 Å². The van der Waals surface area contributed by atoms with Crippen LogP contribution in [0.2, 0.25) is 0 Å². The standard InChI is InChI=1S/C18H16F4O3/c1-3-8-24-18-16(21)14(19)13(15(20)17(18)22)9-25-12-6-4-11(5-7-12)10(2)23/h4-7H,3,8-9H2,1-2H3. The van der Waals surface area contributed by atoms with E-state index in [0.717, 1.165) is 0 Å². The number of halogens is 4. The normalized spacial score (nSPS) is 10.6. The van der Waals surface area contributed by atoms with Gasteiger partial charge in [-0.1, -0.05) is 6.92 Å². The van der Waals surface area contributed by atoms with Gasteiger partial charge in [-0.15, -0.1) is 0 Å². The lowest BCUT2D eigenvalue weighted by molar-refractivity contribution is 0.101. The van der Waals surface area contributed by atoms with E-state index in [1.807, 2.05) is 0 Å². The minimum atomic E-state index is -1.60. The van der Waals surface area contributed by atoms with Crippen LogP contribution in [0.1, 0.15) is 36.2 Å². The first-order valence-corrected chi connectivity index (χ1v) is 7.58. The Balaban J connectivity index is 2.23. The zero-order valence-electron chi connectivity index (χ0n) is 13.7. The molecule has 0 bridgehead atoms. The van der Waals surface area contributed by atoms with Crippen molar-refractivity contribution in [1.29, 1.82) is 0 Å². The van der Waals surface area contributed by atoms with Gasteiger partial charge in [-0.3, -0.25) is 4.79 Å². The molecule has 3 nitrogen and oxygen atoms in total. The second-order valence-electron chi connectivity index (χ2n) is 5.28. The third-order valence-electron chi connectivity index (χ3n) is 3.41. The van der Waals surface area contributed by atoms with Crippen molar-refractivity contribution in [2.24, 2.45) is 0 Å². The van der Waals surface area contributed by atoms with E-state index in [0.29, 0.717) is 12.0 Å². The van der Waals surface area contributed by atoms with Crippen molar-refractivity contribution in [1.82, 2.24) is 0 Å². The van der Waals surface area contributed by atoms with E-state index in [1.165, 1.54) is 31.2 Å². The van der Waals surface area contributed by atoms with Crippen LogP contribution in [0, 0.1) is 23.3 Å². The summed E-state index contributed by atoms with van der Waals surface area (Å²) in [5.74, 6) is -7.37. The maximum absolute atomic E-state index is 14.0. The number of ketones is 1. The average molecular weight is 356 g/mol. The van der Waals surface area contributed by atoms with Crippen LogP contribution in [-0.2, 0) is 6.61 Å². The lowest BCUT2D eigenvalue weighted by atomic mass is 10.1. The van der Waals surface area contributed by atoms with Crippen molar-refractivity contribution >= 4 is 5.78 Å². The first kappa shape index (κ1) is 18.8. The molecule has 2 rings (SSSR count). The number of ether oxygens (including phenoxy) is 2. The fourth-order valence-electron chi connectivity index (χ4n) is 2.06. The van der Waals surface area contributed by atoms with Crippen molar-refractivity contribution in [2.45, 2.75) is 26.9 Å². The highest BCUT2D eigenvalue weighted by molar-refractivity contribution is 5.94. The smallest absolute Gasteiger partial charge is 0.204 e. The van der Waals surface area contributed by atoms with Gasteiger partial charge in [0.05, 0.1) is 12.2 Å². The zero-order chi connectivity index (χ0) is 18.6. The summed E-state index contributed by atoms with van der Waals surface area (Å²) in [6.07, 6.45) is 0.420. The molecule has 2 aromatic carbocycles. The summed E-state index contributed by atoms with van der Waals surface area (Å²) < 4.78 is 65.7. The largest absolute Gasteiger partial charge is 0.489 e. The Labute approximate surface area is 142 Å². The van der Waals surface area contributed by atoms with Crippen LogP contribution in [-0.4, -0.2) is 12.4 Å². The molecule has 25 heavy (non-hydrogen) atoms. The van der Waals surface area contributed by atoms with Crippen LogP contribution < -0.4 is 9.47 Å². The van der Waals surface area contributed by atoms with E-state index < -0.39 is 41.2 Å². The van der Waals surface area contributed by atoms with Crippen molar-refractivity contribution in [2.75, 3.05) is 6.61 Å². The van der Waals surface area contributed by atoms with E-state index in [-0.39, 0.29) is 18.1 Å². The Morgan fingerprint density at radius 3 is 1.96 bits per heavy atom. The fourth-order valence-corrected chi connectivity index (χ4v) is 2.06. The highest BCUT2D eigenvalue weighted by Crippen LogP contribution is 2.31. The summed E-state index contributed by atoms with van der Waals surface area (Å²) in [4.78, 5) is 11.2. The SMILES string of the molecule is CCCOc1c(F)c(F)c(COc2ccc(C(C)=O)cc2)c(F)c1F. The summed E-state index contributed by atoms with van der Waals surface area (Å²) in [6, 6.07) is 5.76. The highest BCUT2D eigenvalue weighted by Gasteiger charge is 2.26. The van der Waals surface area contributed by atoms with Gasteiger partial charge in [-0.25, -0.2) is 8.78 Å². The molecule has 0 unspecified atom stereocenters. The molecule has 0 saturated heterocycles. The maximum atomic E-state index is 14.0. The van der Waals surface area contributed by atoms with Crippen LogP contribution >= 0.6 is 0 Å². The van der Waals surface area contributed by atoms with E-state index in [1.54, 1.807) is 6.92 Å². The Morgan fingerprint density at radius 2 is 1.48 bits per heavy atom. The average Bonchev–Trinajstić information content (AvgIpc) is 2.60. The summed E-state index contributed by atoms with van der Waals surface area (Å²) >= 11 is 0. The van der Waals surface area contributed by atoms with Crippen LogP contribution in [0.15, 0.2) is 24.3 Å². The molecule has 0 aromatic heterocycles. The summed E-state index contributed by atoms with van der Waals surface area (Å²) in [5.41, 5.74) is -0.450. The van der Waals surface area contributed by atoms with Crippen LogP contribution in [0.3, 0.4) is 0 Å². The molecule has 0 aliphatic heterocycles. The molecule has 0 aliphatic carbocycles. The predicted molar refractivity (Wildman–Crippen MR) is 82.8 cm³/mol. The first-order chi connectivity index (χ1) is 11.9. The van der Waals surface area contributed by atoms with Crippen LogP contribution in [0.25, 0.3) is 0 Å². The monoisotopic (exact) mass is 356 g/mol. The third-order valence-corrected chi connectivity index (χ3v) is 3.41. The summed E-state index contributed by atoms with van der Waals surface area (Å²) in [5, 5.41) is 0. The van der Waals surface area contributed by atoms with Crippen molar-refractivity contribution < 1.29 is 31.8 Å². The number of rotatable bonds is 7. The van der Waals surface area contributed by atoms with E-state index in [2.05, 4.69) is 0 Å². The number of carbonyl (C=O) groups is 1. The second kappa shape index (κ2) is 8.00. The third kappa shape index (κ3) is 4.10. The lowest BCUT2D eigenvalue weighted by Crippen LogP contribution is -2.11. The van der Waals surface area contributed by atoms with Gasteiger partial charge in [0.2, 0.25) is 11.6 Å². The Hall–Kier alpha value is -2.57. The minimum absolute atomic E-state index is 0.0783. The van der Waals surface area contributed by atoms with Gasteiger partial charge in [0, 0.05) is 5.56 Å². The van der Waals surface area contributed by atoms with E-state index >= 15 is 0 Å². The van der Waals surface area contributed by atoms with Gasteiger partial charge in [0.15, 0.2) is 23.2 Å². The van der Waals surface area contributed by atoms with E-state index in [4.69, 9.17) is 9.47 Å². The number of benzene rings is 2. The van der Waals surface area contributed by atoms with E-state index in [9.17, 15) is 22.4 Å². The molecule has 0 radical (unpaired) electrons. The molecule has 0 N–H and O–H groups in total. The number of hydrogen-bond acceptors (Lipinski definition) is 3. The highest BCUT2D eigenvalue weighted by atomic mass is 19.2. The van der Waals surface area contributed by atoms with Crippen LogP contribution in [0.5, 0.6) is 11.5 Å². The number of Topliss-reactive ketones (excluding diaryl/α,β-unsaturated/α-hetero) is 1. The van der Waals surface area contributed by atoms with Gasteiger partial charge in [0.25, 0.3) is 0 Å². The molecule has 134 valence electrons. The zero-order valence-corrected chi connectivity index (χ0v) is 13.7. The predicted octanol–water partition coefficient (Wildman–Crippen LogP) is 4.81. The molecule has 0 spiro atoms. The molecular weight excluding hydrogens is 340 g/mol. The molecule has 2 aromatic rings. The van der Waals surface area contributed by atoms with Gasteiger partial charge in [-0.05, 0) is 37.6 Å². The molecule has 7 heteroatoms. The molecule has 0 heterocycles. The molecule has 0 saturated carbocycles. The molecule has 0 amide bonds. The summed E-state index contributed by atoms with van der Waals surface area (Å²) in [7, 11) is 0. The second-order valence-corrected chi connectivity index (χ2v) is 5.28. The van der Waals surface area contributed by atoms with Gasteiger partial charge >= 0.3 is 0 Å². The topological polar surface area (TPSA) is 35.5 Å². The fraction of sp³-hybridized carbons (Fsp3) is 0.278. The van der Waals surface area contributed by atoms with Crippen molar-refractivity contribution in [3.63, 3.8) is 0 Å².